The molecule has 1 aliphatic rings. The zero-order chi connectivity index (χ0) is 16.1. The molecule has 0 aliphatic carbocycles. The molecule has 7 heteroatoms. The van der Waals surface area contributed by atoms with E-state index >= 15 is 0 Å². The zero-order valence-electron chi connectivity index (χ0n) is 12.6. The molecular formula is C16H18ClN3OS2. The van der Waals surface area contributed by atoms with Crippen molar-refractivity contribution in [3.8, 4) is 0 Å². The summed E-state index contributed by atoms with van der Waals surface area (Å²) in [5.41, 5.74) is 0.748. The van der Waals surface area contributed by atoms with Gasteiger partial charge in [0, 0.05) is 23.7 Å². The van der Waals surface area contributed by atoms with Crippen LogP contribution in [0.25, 0.3) is 0 Å². The third kappa shape index (κ3) is 4.86. The van der Waals surface area contributed by atoms with Crippen LogP contribution in [0.15, 0.2) is 30.5 Å². The second-order valence-electron chi connectivity index (χ2n) is 5.35. The minimum Gasteiger partial charge on any atom is -0.357 e. The first kappa shape index (κ1) is 16.6. The lowest BCUT2D eigenvalue weighted by atomic mass is 10.4. The van der Waals surface area contributed by atoms with Crippen molar-refractivity contribution in [3.05, 3.63) is 39.7 Å². The van der Waals surface area contributed by atoms with Crippen LogP contribution in [0.2, 0.25) is 4.34 Å². The van der Waals surface area contributed by atoms with Crippen LogP contribution in [0.1, 0.15) is 17.7 Å². The van der Waals surface area contributed by atoms with E-state index in [0.29, 0.717) is 5.75 Å². The fraction of sp³-hybridized carbons (Fsp3) is 0.375. The standard InChI is InChI=1S/C16H18ClN3OS2/c17-14-5-4-13(23-14)10-22-11-16(21)19-12-3-6-15(18-9-12)20-7-1-2-8-20/h3-6,9H,1-2,7-8,10-11H2,(H,19,21). The molecule has 122 valence electrons. The second kappa shape index (κ2) is 8.04. The van der Waals surface area contributed by atoms with E-state index in [-0.39, 0.29) is 5.91 Å². The van der Waals surface area contributed by atoms with E-state index in [0.717, 1.165) is 34.7 Å². The maximum Gasteiger partial charge on any atom is 0.234 e. The van der Waals surface area contributed by atoms with Gasteiger partial charge in [0.05, 0.1) is 22.0 Å². The molecule has 0 saturated carbocycles. The van der Waals surface area contributed by atoms with Gasteiger partial charge < -0.3 is 10.2 Å². The lowest BCUT2D eigenvalue weighted by Gasteiger charge is -2.16. The van der Waals surface area contributed by atoms with Gasteiger partial charge in [0.15, 0.2) is 0 Å². The third-order valence-electron chi connectivity index (χ3n) is 3.57. The molecule has 1 N–H and O–H groups in total. The molecule has 2 aromatic heterocycles. The molecule has 1 fully saturated rings. The van der Waals surface area contributed by atoms with Crippen molar-refractivity contribution in [2.24, 2.45) is 0 Å². The fourth-order valence-electron chi connectivity index (χ4n) is 2.46. The summed E-state index contributed by atoms with van der Waals surface area (Å²) in [5.74, 6) is 2.21. The van der Waals surface area contributed by atoms with Crippen molar-refractivity contribution >= 4 is 52.1 Å². The number of pyridine rings is 1. The van der Waals surface area contributed by atoms with Gasteiger partial charge in [-0.3, -0.25) is 4.79 Å². The lowest BCUT2D eigenvalue weighted by Crippen LogP contribution is -2.19. The second-order valence-corrected chi connectivity index (χ2v) is 8.13. The number of nitrogens with zero attached hydrogens (tertiary/aromatic N) is 2. The highest BCUT2D eigenvalue weighted by Crippen LogP contribution is 2.25. The average Bonchev–Trinajstić information content (AvgIpc) is 3.20. The highest BCUT2D eigenvalue weighted by molar-refractivity contribution is 7.99. The third-order valence-corrected chi connectivity index (χ3v) is 5.96. The summed E-state index contributed by atoms with van der Waals surface area (Å²) in [6.07, 6.45) is 4.19. The number of hydrogen-bond acceptors (Lipinski definition) is 5. The topological polar surface area (TPSA) is 45.2 Å². The minimum atomic E-state index is -0.00613. The van der Waals surface area contributed by atoms with Crippen molar-refractivity contribution in [1.29, 1.82) is 0 Å². The number of aromatic nitrogens is 1. The van der Waals surface area contributed by atoms with Gasteiger partial charge in [0.1, 0.15) is 5.82 Å². The van der Waals surface area contributed by atoms with Gasteiger partial charge in [-0.1, -0.05) is 11.6 Å². The van der Waals surface area contributed by atoms with E-state index in [1.807, 2.05) is 24.3 Å². The number of thiophene rings is 1. The number of thioether (sulfide) groups is 1. The molecule has 0 atom stereocenters. The summed E-state index contributed by atoms with van der Waals surface area (Å²) >= 11 is 9.03. The maximum atomic E-state index is 12.0. The average molecular weight is 368 g/mol. The normalized spacial score (nSPS) is 14.2. The first-order chi connectivity index (χ1) is 11.2. The van der Waals surface area contributed by atoms with E-state index in [1.54, 1.807) is 29.3 Å². The van der Waals surface area contributed by atoms with Crippen LogP contribution >= 0.6 is 34.7 Å². The summed E-state index contributed by atoms with van der Waals surface area (Å²) < 4.78 is 0.786. The van der Waals surface area contributed by atoms with Gasteiger partial charge >= 0.3 is 0 Å². The number of carbonyl (C=O) groups is 1. The Bertz CT molecular complexity index is 654. The molecule has 1 saturated heterocycles. The molecule has 3 rings (SSSR count). The molecule has 0 bridgehead atoms. The van der Waals surface area contributed by atoms with Gasteiger partial charge in [-0.25, -0.2) is 4.98 Å². The van der Waals surface area contributed by atoms with Gasteiger partial charge in [-0.05, 0) is 37.1 Å². The number of carbonyl (C=O) groups excluding carboxylic acids is 1. The van der Waals surface area contributed by atoms with Crippen LogP contribution in [0.5, 0.6) is 0 Å². The van der Waals surface area contributed by atoms with Crippen molar-refractivity contribution in [3.63, 3.8) is 0 Å². The Kier molecular flexibility index (Phi) is 5.80. The van der Waals surface area contributed by atoms with E-state index in [2.05, 4.69) is 15.2 Å². The van der Waals surface area contributed by atoms with Gasteiger partial charge in [0.2, 0.25) is 5.91 Å². The number of rotatable bonds is 6. The van der Waals surface area contributed by atoms with E-state index in [4.69, 9.17) is 11.6 Å². The first-order valence-corrected chi connectivity index (χ1v) is 9.88. The Hall–Kier alpha value is -1.24. The summed E-state index contributed by atoms with van der Waals surface area (Å²) in [4.78, 5) is 19.8. The molecular weight excluding hydrogens is 350 g/mol. The minimum absolute atomic E-state index is 0.00613. The van der Waals surface area contributed by atoms with Crippen LogP contribution in [0.4, 0.5) is 11.5 Å². The molecule has 1 amide bonds. The highest BCUT2D eigenvalue weighted by Gasteiger charge is 2.13. The molecule has 23 heavy (non-hydrogen) atoms. The van der Waals surface area contributed by atoms with Crippen molar-refractivity contribution < 1.29 is 4.79 Å². The van der Waals surface area contributed by atoms with Crippen molar-refractivity contribution in [1.82, 2.24) is 4.98 Å². The molecule has 2 aromatic rings. The predicted octanol–water partition coefficient (Wildman–Crippen LogP) is 4.27. The molecule has 0 spiro atoms. The summed E-state index contributed by atoms with van der Waals surface area (Å²) in [6.45, 7) is 2.14. The summed E-state index contributed by atoms with van der Waals surface area (Å²) in [6, 6.07) is 7.78. The van der Waals surface area contributed by atoms with Crippen LogP contribution in [-0.4, -0.2) is 29.7 Å². The van der Waals surface area contributed by atoms with Crippen LogP contribution in [-0.2, 0) is 10.5 Å². The largest absolute Gasteiger partial charge is 0.357 e. The number of amides is 1. The molecule has 1 aliphatic heterocycles. The van der Waals surface area contributed by atoms with Gasteiger partial charge in [-0.15, -0.1) is 23.1 Å². The molecule has 3 heterocycles. The van der Waals surface area contributed by atoms with E-state index < -0.39 is 0 Å². The Balaban J connectivity index is 1.43. The SMILES string of the molecule is O=C(CSCc1ccc(Cl)s1)Nc1ccc(N2CCCC2)nc1. The Morgan fingerprint density at radius 2 is 2.13 bits per heavy atom. The molecule has 0 unspecified atom stereocenters. The Labute approximate surface area is 149 Å². The van der Waals surface area contributed by atoms with Gasteiger partial charge in [0.25, 0.3) is 0 Å². The van der Waals surface area contributed by atoms with Crippen LogP contribution < -0.4 is 10.2 Å². The number of anilines is 2. The number of hydrogen-bond donors (Lipinski definition) is 1. The maximum absolute atomic E-state index is 12.0. The first-order valence-electron chi connectivity index (χ1n) is 7.53. The Morgan fingerprint density at radius 3 is 2.78 bits per heavy atom. The number of nitrogens with one attached hydrogen (secondary N) is 1. The summed E-state index contributed by atoms with van der Waals surface area (Å²) in [7, 11) is 0. The number of halogens is 1. The van der Waals surface area contributed by atoms with Crippen molar-refractivity contribution in [2.75, 3.05) is 29.1 Å². The lowest BCUT2D eigenvalue weighted by molar-refractivity contribution is -0.113. The molecule has 4 nitrogen and oxygen atoms in total. The van der Waals surface area contributed by atoms with Crippen molar-refractivity contribution in [2.45, 2.75) is 18.6 Å². The zero-order valence-corrected chi connectivity index (χ0v) is 15.0. The van der Waals surface area contributed by atoms with E-state index in [1.165, 1.54) is 17.7 Å². The molecule has 0 radical (unpaired) electrons. The highest BCUT2D eigenvalue weighted by atomic mass is 35.5. The molecule has 0 aromatic carbocycles. The fourth-order valence-corrected chi connectivity index (χ4v) is 4.49. The van der Waals surface area contributed by atoms with E-state index in [9.17, 15) is 4.79 Å². The summed E-state index contributed by atoms with van der Waals surface area (Å²) in [5, 5.41) is 2.89. The smallest absolute Gasteiger partial charge is 0.234 e. The Morgan fingerprint density at radius 1 is 1.30 bits per heavy atom. The van der Waals surface area contributed by atoms with Crippen LogP contribution in [0, 0.1) is 0 Å². The monoisotopic (exact) mass is 367 g/mol. The quantitative estimate of drug-likeness (QED) is 0.828. The predicted molar refractivity (Wildman–Crippen MR) is 99.8 cm³/mol. The van der Waals surface area contributed by atoms with Gasteiger partial charge in [-0.2, -0.15) is 0 Å². The van der Waals surface area contributed by atoms with Crippen LogP contribution in [0.3, 0.4) is 0 Å².